The Morgan fingerprint density at radius 2 is 2.10 bits per heavy atom. The Balaban J connectivity index is 1.95. The van der Waals surface area contributed by atoms with E-state index in [4.69, 9.17) is 0 Å². The predicted octanol–water partition coefficient (Wildman–Crippen LogP) is 3.43. The highest BCUT2D eigenvalue weighted by molar-refractivity contribution is 9.10. The summed E-state index contributed by atoms with van der Waals surface area (Å²) in [4.78, 5) is 12.2. The minimum absolute atomic E-state index is 0.135. The lowest BCUT2D eigenvalue weighted by Gasteiger charge is -2.35. The summed E-state index contributed by atoms with van der Waals surface area (Å²) in [6, 6.07) is 5.64. The van der Waals surface area contributed by atoms with E-state index in [-0.39, 0.29) is 5.91 Å². The van der Waals surface area contributed by atoms with Crippen molar-refractivity contribution in [3.05, 3.63) is 33.8 Å². The molecule has 1 aliphatic carbocycles. The number of carbonyl (C=O) groups is 1. The van der Waals surface area contributed by atoms with Gasteiger partial charge in [0, 0.05) is 11.0 Å². The number of rotatable bonds is 3. The SMILES string of the molecule is Cc1ccc(C(=O)NCC2(O)CCC(C)CC2)c(Br)c1. The van der Waals surface area contributed by atoms with Crippen LogP contribution >= 0.6 is 15.9 Å². The highest BCUT2D eigenvalue weighted by Gasteiger charge is 2.32. The average Bonchev–Trinajstić information content (AvgIpc) is 2.40. The van der Waals surface area contributed by atoms with E-state index >= 15 is 0 Å². The number of halogens is 1. The van der Waals surface area contributed by atoms with E-state index in [9.17, 15) is 9.90 Å². The van der Waals surface area contributed by atoms with E-state index in [1.54, 1.807) is 0 Å². The Hall–Kier alpha value is -0.870. The topological polar surface area (TPSA) is 49.3 Å². The van der Waals surface area contributed by atoms with Crippen LogP contribution in [0.5, 0.6) is 0 Å². The van der Waals surface area contributed by atoms with Gasteiger partial charge in [-0.05, 0) is 72.2 Å². The Morgan fingerprint density at radius 3 is 2.70 bits per heavy atom. The van der Waals surface area contributed by atoms with Crippen LogP contribution in [0.4, 0.5) is 0 Å². The van der Waals surface area contributed by atoms with E-state index in [1.807, 2.05) is 25.1 Å². The van der Waals surface area contributed by atoms with E-state index in [1.165, 1.54) is 0 Å². The van der Waals surface area contributed by atoms with Gasteiger partial charge >= 0.3 is 0 Å². The van der Waals surface area contributed by atoms with Crippen molar-refractivity contribution in [3.8, 4) is 0 Å². The molecule has 0 heterocycles. The molecule has 3 nitrogen and oxygen atoms in total. The molecule has 0 radical (unpaired) electrons. The zero-order valence-corrected chi connectivity index (χ0v) is 13.7. The summed E-state index contributed by atoms with van der Waals surface area (Å²) in [6.07, 6.45) is 3.59. The lowest BCUT2D eigenvalue weighted by Crippen LogP contribution is -2.45. The number of aryl methyl sites for hydroxylation is 1. The van der Waals surface area contributed by atoms with E-state index in [0.29, 0.717) is 18.0 Å². The third kappa shape index (κ3) is 3.83. The van der Waals surface area contributed by atoms with Crippen LogP contribution in [0, 0.1) is 12.8 Å². The first-order valence-corrected chi connectivity index (χ1v) is 7.96. The zero-order valence-electron chi connectivity index (χ0n) is 12.1. The quantitative estimate of drug-likeness (QED) is 0.886. The van der Waals surface area contributed by atoms with Gasteiger partial charge in [-0.1, -0.05) is 13.0 Å². The summed E-state index contributed by atoms with van der Waals surface area (Å²) >= 11 is 3.41. The number of amides is 1. The largest absolute Gasteiger partial charge is 0.388 e. The number of benzene rings is 1. The molecule has 1 aromatic rings. The number of nitrogens with one attached hydrogen (secondary N) is 1. The van der Waals surface area contributed by atoms with Gasteiger partial charge in [-0.15, -0.1) is 0 Å². The molecule has 2 rings (SSSR count). The van der Waals surface area contributed by atoms with Crippen LogP contribution in [0.25, 0.3) is 0 Å². The summed E-state index contributed by atoms with van der Waals surface area (Å²) < 4.78 is 0.791. The van der Waals surface area contributed by atoms with Crippen LogP contribution in [0.3, 0.4) is 0 Å². The predicted molar refractivity (Wildman–Crippen MR) is 83.8 cm³/mol. The second kappa shape index (κ2) is 6.27. The van der Waals surface area contributed by atoms with Crippen LogP contribution < -0.4 is 5.32 Å². The minimum atomic E-state index is -0.737. The fraction of sp³-hybridized carbons (Fsp3) is 0.562. The molecule has 4 heteroatoms. The fourth-order valence-electron chi connectivity index (χ4n) is 2.62. The molecule has 1 aliphatic rings. The van der Waals surface area contributed by atoms with Crippen molar-refractivity contribution in [2.24, 2.45) is 5.92 Å². The summed E-state index contributed by atoms with van der Waals surface area (Å²) in [6.45, 7) is 4.53. The maximum absolute atomic E-state index is 12.2. The first-order chi connectivity index (χ1) is 9.39. The molecule has 0 atom stereocenters. The third-order valence-electron chi connectivity index (χ3n) is 4.15. The molecule has 1 aromatic carbocycles. The molecule has 0 saturated heterocycles. The maximum atomic E-state index is 12.2. The van der Waals surface area contributed by atoms with Crippen molar-refractivity contribution in [1.82, 2.24) is 5.32 Å². The first kappa shape index (κ1) is 15.5. The molecule has 0 bridgehead atoms. The molecule has 0 spiro atoms. The Labute approximate surface area is 128 Å². The lowest BCUT2D eigenvalue weighted by molar-refractivity contribution is -0.00540. The molecule has 20 heavy (non-hydrogen) atoms. The van der Waals surface area contributed by atoms with Crippen LogP contribution in [0.2, 0.25) is 0 Å². The smallest absolute Gasteiger partial charge is 0.252 e. The van der Waals surface area contributed by atoms with Crippen molar-refractivity contribution in [2.75, 3.05) is 6.54 Å². The third-order valence-corrected chi connectivity index (χ3v) is 4.81. The molecule has 1 fully saturated rings. The molecule has 1 amide bonds. The Kier molecular flexibility index (Phi) is 4.86. The number of hydrogen-bond acceptors (Lipinski definition) is 2. The van der Waals surface area contributed by atoms with Crippen LogP contribution in [-0.2, 0) is 0 Å². The van der Waals surface area contributed by atoms with Crippen LogP contribution in [-0.4, -0.2) is 23.2 Å². The molecule has 0 aromatic heterocycles. The van der Waals surface area contributed by atoms with E-state index in [0.717, 1.165) is 35.7 Å². The van der Waals surface area contributed by atoms with Gasteiger partial charge in [-0.25, -0.2) is 0 Å². The van der Waals surface area contributed by atoms with Crippen LogP contribution in [0.1, 0.15) is 48.5 Å². The van der Waals surface area contributed by atoms with Gasteiger partial charge in [-0.3, -0.25) is 4.79 Å². The zero-order chi connectivity index (χ0) is 14.8. The van der Waals surface area contributed by atoms with Crippen LogP contribution in [0.15, 0.2) is 22.7 Å². The van der Waals surface area contributed by atoms with Gasteiger partial charge in [-0.2, -0.15) is 0 Å². The van der Waals surface area contributed by atoms with Crippen molar-refractivity contribution in [1.29, 1.82) is 0 Å². The normalized spacial score (nSPS) is 26.3. The van der Waals surface area contributed by atoms with Gasteiger partial charge in [0.15, 0.2) is 0 Å². The summed E-state index contributed by atoms with van der Waals surface area (Å²) in [7, 11) is 0. The monoisotopic (exact) mass is 339 g/mol. The lowest BCUT2D eigenvalue weighted by atomic mass is 9.79. The maximum Gasteiger partial charge on any atom is 0.252 e. The summed E-state index contributed by atoms with van der Waals surface area (Å²) in [5.41, 5.74) is 0.982. The second-order valence-corrected chi connectivity index (χ2v) is 6.93. The Bertz CT molecular complexity index is 493. The van der Waals surface area contributed by atoms with Gasteiger partial charge in [0.05, 0.1) is 11.2 Å². The van der Waals surface area contributed by atoms with Crippen molar-refractivity contribution < 1.29 is 9.90 Å². The number of carbonyl (C=O) groups excluding carboxylic acids is 1. The van der Waals surface area contributed by atoms with Gasteiger partial charge < -0.3 is 10.4 Å². The first-order valence-electron chi connectivity index (χ1n) is 7.16. The van der Waals surface area contributed by atoms with Gasteiger partial charge in [0.2, 0.25) is 0 Å². The van der Waals surface area contributed by atoms with Gasteiger partial charge in [0.25, 0.3) is 5.91 Å². The minimum Gasteiger partial charge on any atom is -0.388 e. The molecule has 0 aliphatic heterocycles. The molecule has 0 unspecified atom stereocenters. The molecular weight excluding hydrogens is 318 g/mol. The summed E-state index contributed by atoms with van der Waals surface area (Å²) in [5.74, 6) is 0.543. The number of aliphatic hydroxyl groups is 1. The Morgan fingerprint density at radius 1 is 1.45 bits per heavy atom. The number of hydrogen-bond donors (Lipinski definition) is 2. The van der Waals surface area contributed by atoms with Gasteiger partial charge in [0.1, 0.15) is 0 Å². The highest BCUT2D eigenvalue weighted by Crippen LogP contribution is 2.31. The summed E-state index contributed by atoms with van der Waals surface area (Å²) in [5, 5.41) is 13.3. The standard InChI is InChI=1S/C16H22BrNO2/c1-11-5-7-16(20,8-6-11)10-18-15(19)13-4-3-12(2)9-14(13)17/h3-4,9,11,20H,5-8,10H2,1-2H3,(H,18,19). The van der Waals surface area contributed by atoms with E-state index < -0.39 is 5.60 Å². The van der Waals surface area contributed by atoms with Crippen molar-refractivity contribution in [2.45, 2.75) is 45.1 Å². The van der Waals surface area contributed by atoms with Crippen molar-refractivity contribution >= 4 is 21.8 Å². The molecule has 2 N–H and O–H groups in total. The van der Waals surface area contributed by atoms with E-state index in [2.05, 4.69) is 28.2 Å². The molecular formula is C16H22BrNO2. The second-order valence-electron chi connectivity index (χ2n) is 6.07. The molecule has 1 saturated carbocycles. The average molecular weight is 340 g/mol. The molecule has 110 valence electrons. The van der Waals surface area contributed by atoms with Crippen molar-refractivity contribution in [3.63, 3.8) is 0 Å². The fourth-order valence-corrected chi connectivity index (χ4v) is 3.29. The highest BCUT2D eigenvalue weighted by atomic mass is 79.9.